The zero-order chi connectivity index (χ0) is 25.4. The number of hydrogen-bond donors (Lipinski definition) is 3. The van der Waals surface area contributed by atoms with E-state index in [1.165, 1.54) is 28.5 Å². The van der Waals surface area contributed by atoms with E-state index >= 15 is 0 Å². The number of nitrogens with one attached hydrogen (secondary N) is 2. The summed E-state index contributed by atoms with van der Waals surface area (Å²) in [6.45, 7) is 13.3. The highest BCUT2D eigenvalue weighted by atomic mass is 32.2. The molecule has 0 aromatic rings. The Morgan fingerprint density at radius 1 is 0.970 bits per heavy atom. The molecule has 188 valence electrons. The van der Waals surface area contributed by atoms with Gasteiger partial charge >= 0.3 is 12.1 Å². The summed E-state index contributed by atoms with van der Waals surface area (Å²) in [4.78, 5) is 35.0. The van der Waals surface area contributed by atoms with E-state index in [-0.39, 0.29) is 12.3 Å². The third-order valence-corrected chi connectivity index (χ3v) is 5.35. The van der Waals surface area contributed by atoms with Crippen molar-refractivity contribution in [3.8, 4) is 0 Å². The molecule has 1 unspecified atom stereocenters. The van der Waals surface area contributed by atoms with E-state index in [4.69, 9.17) is 4.74 Å². The number of hydrogen-bond acceptors (Lipinski definition) is 5. The van der Waals surface area contributed by atoms with Gasteiger partial charge in [0.1, 0.15) is 18.2 Å². The average Bonchev–Trinajstić information content (AvgIpc) is 2.67. The van der Waals surface area contributed by atoms with Crippen molar-refractivity contribution in [3.63, 3.8) is 0 Å². The Bertz CT molecular complexity index is 732. The van der Waals surface area contributed by atoms with E-state index in [9.17, 15) is 19.5 Å². The minimum atomic E-state index is -1.11. The normalized spacial score (nSPS) is 13.2. The van der Waals surface area contributed by atoms with Crippen LogP contribution in [0.4, 0.5) is 4.79 Å². The third-order valence-electron chi connectivity index (χ3n) is 4.38. The highest BCUT2D eigenvalue weighted by Crippen LogP contribution is 2.13. The van der Waals surface area contributed by atoms with E-state index in [0.29, 0.717) is 5.75 Å². The van der Waals surface area contributed by atoms with Crippen molar-refractivity contribution in [2.75, 3.05) is 18.1 Å². The molecule has 0 aliphatic rings. The monoisotopic (exact) mass is 482 g/mol. The number of carbonyl (C=O) groups is 3. The Morgan fingerprint density at radius 3 is 2.09 bits per heavy atom. The fourth-order valence-electron chi connectivity index (χ4n) is 2.61. The zero-order valence-corrected chi connectivity index (χ0v) is 22.1. The van der Waals surface area contributed by atoms with E-state index < -0.39 is 29.6 Å². The van der Waals surface area contributed by atoms with Crippen LogP contribution < -0.4 is 10.6 Å². The van der Waals surface area contributed by atoms with Crippen molar-refractivity contribution in [1.29, 1.82) is 0 Å². The Hall–Kier alpha value is -2.22. The number of amides is 2. The first-order valence-electron chi connectivity index (χ1n) is 11.3. The van der Waals surface area contributed by atoms with Gasteiger partial charge in [-0.2, -0.15) is 11.8 Å². The predicted molar refractivity (Wildman–Crippen MR) is 137 cm³/mol. The second kappa shape index (κ2) is 16.4. The topological polar surface area (TPSA) is 105 Å². The van der Waals surface area contributed by atoms with Gasteiger partial charge in [-0.15, -0.1) is 0 Å². The number of aliphatic carboxylic acids is 1. The number of carboxylic acid groups (broad SMARTS) is 1. The minimum Gasteiger partial charge on any atom is -0.480 e. The van der Waals surface area contributed by atoms with Crippen LogP contribution in [0.15, 0.2) is 34.9 Å². The molecule has 33 heavy (non-hydrogen) atoms. The number of carboxylic acids is 1. The summed E-state index contributed by atoms with van der Waals surface area (Å²) in [6, 6.07) is -1.02. The highest BCUT2D eigenvalue weighted by molar-refractivity contribution is 7.99. The van der Waals surface area contributed by atoms with E-state index in [1.54, 1.807) is 20.8 Å². The molecule has 1 atom stereocenters. The van der Waals surface area contributed by atoms with Crippen LogP contribution in [0.25, 0.3) is 0 Å². The SMILES string of the molecule is CC(C)=CCCC(C)=CCCC(C)=CCSCC(NC(=O)CNC(=O)OC(C)(C)C)C(=O)O. The summed E-state index contributed by atoms with van der Waals surface area (Å²) in [6.07, 6.45) is 10.0. The van der Waals surface area contributed by atoms with Crippen molar-refractivity contribution in [3.05, 3.63) is 34.9 Å². The van der Waals surface area contributed by atoms with Crippen LogP contribution in [0.1, 0.15) is 74.1 Å². The quantitative estimate of drug-likeness (QED) is 0.231. The maximum absolute atomic E-state index is 12.0. The molecule has 2 amide bonds. The number of allylic oxidation sites excluding steroid dienone is 5. The minimum absolute atomic E-state index is 0.237. The molecule has 8 heteroatoms. The summed E-state index contributed by atoms with van der Waals surface area (Å²) >= 11 is 1.44. The van der Waals surface area contributed by atoms with Gasteiger partial charge in [0.2, 0.25) is 5.91 Å². The van der Waals surface area contributed by atoms with Crippen LogP contribution >= 0.6 is 11.8 Å². The summed E-state index contributed by atoms with van der Waals surface area (Å²) in [7, 11) is 0. The smallest absolute Gasteiger partial charge is 0.408 e. The standard InChI is InChI=1S/C25H42N2O5S/c1-18(2)10-8-11-19(3)12-9-13-20(4)14-15-33-17-21(23(29)30)27-22(28)16-26-24(31)32-25(5,6)7/h10,12,14,21H,8-9,11,13,15-17H2,1-7H3,(H,26,31)(H,27,28)(H,29,30). The van der Waals surface area contributed by atoms with Crippen molar-refractivity contribution < 1.29 is 24.2 Å². The molecule has 0 saturated heterocycles. The van der Waals surface area contributed by atoms with Crippen LogP contribution in [0.3, 0.4) is 0 Å². The van der Waals surface area contributed by atoms with E-state index in [2.05, 4.69) is 56.6 Å². The van der Waals surface area contributed by atoms with Crippen molar-refractivity contribution in [2.24, 2.45) is 0 Å². The highest BCUT2D eigenvalue weighted by Gasteiger charge is 2.21. The molecule has 0 saturated carbocycles. The number of ether oxygens (including phenoxy) is 1. The average molecular weight is 483 g/mol. The van der Waals surface area contributed by atoms with Gasteiger partial charge in [-0.05, 0) is 74.1 Å². The number of thioether (sulfide) groups is 1. The van der Waals surface area contributed by atoms with Crippen LogP contribution in [-0.4, -0.2) is 52.8 Å². The van der Waals surface area contributed by atoms with Gasteiger partial charge in [0, 0.05) is 11.5 Å². The van der Waals surface area contributed by atoms with Gasteiger partial charge in [0.15, 0.2) is 0 Å². The molecule has 0 bridgehead atoms. The summed E-state index contributed by atoms with van der Waals surface area (Å²) < 4.78 is 5.05. The second-order valence-electron chi connectivity index (χ2n) is 9.31. The third kappa shape index (κ3) is 19.0. The van der Waals surface area contributed by atoms with Crippen LogP contribution in [0, 0.1) is 0 Å². The first kappa shape index (κ1) is 30.8. The molecule has 0 aliphatic heterocycles. The Balaban J connectivity index is 4.30. The molecule has 0 heterocycles. The van der Waals surface area contributed by atoms with Gasteiger partial charge in [-0.1, -0.05) is 34.9 Å². The van der Waals surface area contributed by atoms with Crippen molar-refractivity contribution in [1.82, 2.24) is 10.6 Å². The molecule has 0 aliphatic carbocycles. The molecule has 0 fully saturated rings. The molecule has 7 nitrogen and oxygen atoms in total. The number of rotatable bonds is 14. The van der Waals surface area contributed by atoms with Crippen molar-refractivity contribution >= 4 is 29.7 Å². The number of carbonyl (C=O) groups excluding carboxylic acids is 2. The fourth-order valence-corrected chi connectivity index (χ4v) is 3.61. The lowest BCUT2D eigenvalue weighted by Crippen LogP contribution is -2.47. The maximum Gasteiger partial charge on any atom is 0.408 e. The lowest BCUT2D eigenvalue weighted by atomic mass is 10.1. The Labute approximate surface area is 203 Å². The van der Waals surface area contributed by atoms with Gasteiger partial charge in [0.05, 0.1) is 0 Å². The Kier molecular flexibility index (Phi) is 15.3. The van der Waals surface area contributed by atoms with Gasteiger partial charge in [-0.25, -0.2) is 9.59 Å². The van der Waals surface area contributed by atoms with E-state index in [1.807, 2.05) is 0 Å². The maximum atomic E-state index is 12.0. The Morgan fingerprint density at radius 2 is 1.55 bits per heavy atom. The van der Waals surface area contributed by atoms with Gasteiger partial charge in [0.25, 0.3) is 0 Å². The predicted octanol–water partition coefficient (Wildman–Crippen LogP) is 5.23. The van der Waals surface area contributed by atoms with Crippen molar-refractivity contribution in [2.45, 2.75) is 85.8 Å². The van der Waals surface area contributed by atoms with Gasteiger partial charge < -0.3 is 20.5 Å². The molecule has 0 radical (unpaired) electrons. The summed E-state index contributed by atoms with van der Waals surface area (Å²) in [5.41, 5.74) is 3.33. The lowest BCUT2D eigenvalue weighted by molar-refractivity contribution is -0.140. The van der Waals surface area contributed by atoms with E-state index in [0.717, 1.165) is 25.7 Å². The molecule has 0 aromatic heterocycles. The lowest BCUT2D eigenvalue weighted by Gasteiger charge is -2.20. The molecule has 3 N–H and O–H groups in total. The fraction of sp³-hybridized carbons (Fsp3) is 0.640. The molecular formula is C25H42N2O5S. The van der Waals surface area contributed by atoms with Crippen LogP contribution in [-0.2, 0) is 14.3 Å². The molecule has 0 spiro atoms. The second-order valence-corrected chi connectivity index (χ2v) is 10.4. The van der Waals surface area contributed by atoms with Crippen LogP contribution in [0.5, 0.6) is 0 Å². The first-order chi connectivity index (χ1) is 15.3. The number of alkyl carbamates (subject to hydrolysis) is 1. The molecular weight excluding hydrogens is 440 g/mol. The first-order valence-corrected chi connectivity index (χ1v) is 12.5. The summed E-state index contributed by atoms with van der Waals surface area (Å²) in [5.74, 6) is -0.777. The molecule has 0 rings (SSSR count). The zero-order valence-electron chi connectivity index (χ0n) is 21.2. The summed E-state index contributed by atoms with van der Waals surface area (Å²) in [5, 5.41) is 14.1. The largest absolute Gasteiger partial charge is 0.480 e. The molecule has 0 aromatic carbocycles. The van der Waals surface area contributed by atoms with Gasteiger partial charge in [-0.3, -0.25) is 4.79 Å². The van der Waals surface area contributed by atoms with Crippen LogP contribution in [0.2, 0.25) is 0 Å².